The van der Waals surface area contributed by atoms with Gasteiger partial charge in [0.25, 0.3) is 5.91 Å². The predicted molar refractivity (Wildman–Crippen MR) is 119 cm³/mol. The molecule has 3 aliphatic rings. The molecule has 0 radical (unpaired) electrons. The van der Waals surface area contributed by atoms with E-state index in [1.807, 2.05) is 10.2 Å². The van der Waals surface area contributed by atoms with Crippen molar-refractivity contribution in [2.45, 2.75) is 31.5 Å². The number of hydrogen-bond donors (Lipinski definition) is 1. The number of nitrogens with zero attached hydrogens (tertiary/aromatic N) is 4. The van der Waals surface area contributed by atoms with Gasteiger partial charge in [0.15, 0.2) is 0 Å². The van der Waals surface area contributed by atoms with Crippen molar-refractivity contribution in [3.8, 4) is 0 Å². The zero-order valence-electron chi connectivity index (χ0n) is 18.8. The number of carbonyl (C=O) groups is 2. The number of hydrogen-bond acceptors (Lipinski definition) is 5. The summed E-state index contributed by atoms with van der Waals surface area (Å²) in [7, 11) is 0. The van der Waals surface area contributed by atoms with Gasteiger partial charge in [-0.25, -0.2) is 0 Å². The number of nitrogens with one attached hydrogen (secondary N) is 1. The standard InChI is InChI=1S/C23H32F3N5O2/c24-23(25,26)17-27-22(33)18-4-6-20(7-5-18)29-10-8-28(9-11-29)16-21(32)31-14-12-30(13-15-31)19-2-1-3-19/h4-7,19H,1-3,8-17H2,(H,27,33). The second-order valence-corrected chi connectivity index (χ2v) is 9.11. The first-order valence-corrected chi connectivity index (χ1v) is 11.7. The quantitative estimate of drug-likeness (QED) is 0.692. The molecular weight excluding hydrogens is 435 g/mol. The largest absolute Gasteiger partial charge is 0.405 e. The molecule has 2 heterocycles. The summed E-state index contributed by atoms with van der Waals surface area (Å²) in [4.78, 5) is 33.4. The molecule has 1 aromatic carbocycles. The first kappa shape index (κ1) is 23.8. The average molecular weight is 468 g/mol. The molecular formula is C23H32F3N5O2. The Morgan fingerprint density at radius 3 is 2.09 bits per heavy atom. The maximum Gasteiger partial charge on any atom is 0.405 e. The van der Waals surface area contributed by atoms with Gasteiger partial charge in [-0.1, -0.05) is 6.42 Å². The number of rotatable bonds is 6. The lowest BCUT2D eigenvalue weighted by Gasteiger charge is -2.43. The summed E-state index contributed by atoms with van der Waals surface area (Å²) in [5, 5.41) is 1.88. The molecule has 2 saturated heterocycles. The lowest BCUT2D eigenvalue weighted by atomic mass is 9.91. The molecule has 0 atom stereocenters. The minimum absolute atomic E-state index is 0.199. The topological polar surface area (TPSA) is 59.1 Å². The van der Waals surface area contributed by atoms with E-state index in [-0.39, 0.29) is 11.5 Å². The Kier molecular flexibility index (Phi) is 7.43. The lowest BCUT2D eigenvalue weighted by Crippen LogP contribution is -2.56. The summed E-state index contributed by atoms with van der Waals surface area (Å²) < 4.78 is 36.8. The summed E-state index contributed by atoms with van der Waals surface area (Å²) in [6.45, 7) is 5.73. The number of carbonyl (C=O) groups excluding carboxylic acids is 2. The first-order chi connectivity index (χ1) is 15.8. The molecule has 182 valence electrons. The number of alkyl halides is 3. The van der Waals surface area contributed by atoms with E-state index >= 15 is 0 Å². The third-order valence-corrected chi connectivity index (χ3v) is 6.93. The monoisotopic (exact) mass is 467 g/mol. The van der Waals surface area contributed by atoms with Crippen LogP contribution in [-0.2, 0) is 4.79 Å². The highest BCUT2D eigenvalue weighted by atomic mass is 19.4. The number of anilines is 1. The number of benzene rings is 1. The van der Waals surface area contributed by atoms with Gasteiger partial charge in [-0.2, -0.15) is 13.2 Å². The molecule has 3 fully saturated rings. The van der Waals surface area contributed by atoms with Gasteiger partial charge in [0.1, 0.15) is 6.54 Å². The zero-order valence-corrected chi connectivity index (χ0v) is 18.8. The first-order valence-electron chi connectivity index (χ1n) is 11.7. The molecule has 7 nitrogen and oxygen atoms in total. The summed E-state index contributed by atoms with van der Waals surface area (Å²) >= 11 is 0. The number of piperazine rings is 2. The SMILES string of the molecule is O=C(NCC(F)(F)F)c1ccc(N2CCN(CC(=O)N3CCN(C4CCC4)CC3)CC2)cc1. The van der Waals surface area contributed by atoms with Crippen molar-refractivity contribution in [1.82, 2.24) is 20.0 Å². The number of amides is 2. The Hall–Kier alpha value is -2.33. The minimum Gasteiger partial charge on any atom is -0.369 e. The van der Waals surface area contributed by atoms with E-state index in [9.17, 15) is 22.8 Å². The van der Waals surface area contributed by atoms with Crippen LogP contribution in [0.5, 0.6) is 0 Å². The van der Waals surface area contributed by atoms with Gasteiger partial charge >= 0.3 is 6.18 Å². The summed E-state index contributed by atoms with van der Waals surface area (Å²) in [6, 6.07) is 7.33. The van der Waals surface area contributed by atoms with E-state index in [0.717, 1.165) is 64.1 Å². The molecule has 10 heteroatoms. The minimum atomic E-state index is -4.43. The molecule has 4 rings (SSSR count). The fourth-order valence-corrected chi connectivity index (χ4v) is 4.65. The Morgan fingerprint density at radius 2 is 1.55 bits per heavy atom. The van der Waals surface area contributed by atoms with E-state index in [2.05, 4.69) is 14.7 Å². The van der Waals surface area contributed by atoms with Crippen LogP contribution in [0.2, 0.25) is 0 Å². The average Bonchev–Trinajstić information content (AvgIpc) is 2.77. The van der Waals surface area contributed by atoms with Gasteiger partial charge in [0.05, 0.1) is 6.54 Å². The Balaban J connectivity index is 1.19. The fourth-order valence-electron chi connectivity index (χ4n) is 4.65. The second-order valence-electron chi connectivity index (χ2n) is 9.11. The van der Waals surface area contributed by atoms with Crippen LogP contribution in [0, 0.1) is 0 Å². The van der Waals surface area contributed by atoms with Gasteiger partial charge in [0, 0.05) is 69.7 Å². The normalized spacial score (nSPS) is 21.1. The Morgan fingerprint density at radius 1 is 0.909 bits per heavy atom. The van der Waals surface area contributed by atoms with Gasteiger partial charge in [-0.3, -0.25) is 19.4 Å². The van der Waals surface area contributed by atoms with Crippen molar-refractivity contribution in [2.75, 3.05) is 70.3 Å². The molecule has 2 aliphatic heterocycles. The second kappa shape index (κ2) is 10.3. The summed E-state index contributed by atoms with van der Waals surface area (Å²) in [5.41, 5.74) is 1.12. The van der Waals surface area contributed by atoms with E-state index in [1.165, 1.54) is 19.3 Å². The third-order valence-electron chi connectivity index (χ3n) is 6.93. The molecule has 1 saturated carbocycles. The molecule has 2 amide bonds. The highest BCUT2D eigenvalue weighted by molar-refractivity contribution is 5.94. The molecule has 0 unspecified atom stereocenters. The zero-order chi connectivity index (χ0) is 23.4. The van der Waals surface area contributed by atoms with Crippen LogP contribution in [0.25, 0.3) is 0 Å². The van der Waals surface area contributed by atoms with Crippen molar-refractivity contribution in [2.24, 2.45) is 0 Å². The van der Waals surface area contributed by atoms with Gasteiger partial charge in [0.2, 0.25) is 5.91 Å². The predicted octanol–water partition coefficient (Wildman–Crippen LogP) is 1.80. The number of halogens is 3. The molecule has 1 N–H and O–H groups in total. The molecule has 33 heavy (non-hydrogen) atoms. The van der Waals surface area contributed by atoms with Crippen molar-refractivity contribution in [3.63, 3.8) is 0 Å². The van der Waals surface area contributed by atoms with Gasteiger partial charge in [-0.15, -0.1) is 0 Å². The van der Waals surface area contributed by atoms with Crippen LogP contribution in [0.15, 0.2) is 24.3 Å². The van der Waals surface area contributed by atoms with Gasteiger partial charge < -0.3 is 15.1 Å². The van der Waals surface area contributed by atoms with Crippen LogP contribution in [-0.4, -0.2) is 104 Å². The highest BCUT2D eigenvalue weighted by Crippen LogP contribution is 2.25. The van der Waals surface area contributed by atoms with Crippen LogP contribution < -0.4 is 10.2 Å². The maximum atomic E-state index is 12.7. The molecule has 0 spiro atoms. The molecule has 1 aromatic rings. The maximum absolute atomic E-state index is 12.7. The van der Waals surface area contributed by atoms with Crippen molar-refractivity contribution in [1.29, 1.82) is 0 Å². The van der Waals surface area contributed by atoms with Crippen molar-refractivity contribution in [3.05, 3.63) is 29.8 Å². The smallest absolute Gasteiger partial charge is 0.369 e. The van der Waals surface area contributed by atoms with Gasteiger partial charge in [-0.05, 0) is 37.1 Å². The van der Waals surface area contributed by atoms with E-state index in [4.69, 9.17) is 0 Å². The molecule has 0 bridgehead atoms. The van der Waals surface area contributed by atoms with Crippen molar-refractivity contribution < 1.29 is 22.8 Å². The third kappa shape index (κ3) is 6.38. The molecule has 1 aliphatic carbocycles. The summed E-state index contributed by atoms with van der Waals surface area (Å²) in [6.07, 6.45) is -0.503. The summed E-state index contributed by atoms with van der Waals surface area (Å²) in [5.74, 6) is -0.540. The molecule has 0 aromatic heterocycles. The highest BCUT2D eigenvalue weighted by Gasteiger charge is 2.30. The van der Waals surface area contributed by atoms with E-state index in [0.29, 0.717) is 6.54 Å². The Labute approximate surface area is 192 Å². The Bertz CT molecular complexity index is 812. The van der Waals surface area contributed by atoms with Crippen LogP contribution >= 0.6 is 0 Å². The fraction of sp³-hybridized carbons (Fsp3) is 0.652. The van der Waals surface area contributed by atoms with Crippen molar-refractivity contribution >= 4 is 17.5 Å². The van der Waals surface area contributed by atoms with E-state index in [1.54, 1.807) is 24.3 Å². The van der Waals surface area contributed by atoms with Crippen LogP contribution in [0.1, 0.15) is 29.6 Å². The van der Waals surface area contributed by atoms with E-state index < -0.39 is 18.6 Å². The van der Waals surface area contributed by atoms with Crippen LogP contribution in [0.4, 0.5) is 18.9 Å². The lowest BCUT2D eigenvalue weighted by molar-refractivity contribution is -0.134. The van der Waals surface area contributed by atoms with Crippen LogP contribution in [0.3, 0.4) is 0 Å².